The van der Waals surface area contributed by atoms with Gasteiger partial charge in [0, 0.05) is 19.2 Å². The molecule has 0 bridgehead atoms. The fourth-order valence-electron chi connectivity index (χ4n) is 3.57. The molecule has 3 aromatic rings. The minimum absolute atomic E-state index is 0.0451. The van der Waals surface area contributed by atoms with E-state index in [1.54, 1.807) is 24.4 Å². The fraction of sp³-hybridized carbons (Fsp3) is 0.529. The molecule has 1 saturated carbocycles. The summed E-state index contributed by atoms with van der Waals surface area (Å²) in [5, 5.41) is 8.15. The molecule has 0 spiro atoms. The SMILES string of the molecule is COC1(c2nc(Cn3nc4ccccn4c3=O)no2)CCC(C(F)F)CC1. The topological polar surface area (TPSA) is 87.5 Å². The number of methoxy groups -OCH3 is 1. The molecule has 8 nitrogen and oxygen atoms in total. The smallest absolute Gasteiger partial charge is 0.350 e. The third kappa shape index (κ3) is 3.14. The van der Waals surface area contributed by atoms with E-state index in [1.165, 1.54) is 16.2 Å². The van der Waals surface area contributed by atoms with Crippen LogP contribution in [-0.4, -0.2) is 37.9 Å². The van der Waals surface area contributed by atoms with E-state index in [-0.39, 0.29) is 23.9 Å². The van der Waals surface area contributed by atoms with Gasteiger partial charge in [-0.05, 0) is 37.8 Å². The summed E-state index contributed by atoms with van der Waals surface area (Å²) in [4.78, 5) is 16.7. The lowest BCUT2D eigenvalue weighted by Crippen LogP contribution is -2.35. The molecule has 0 aliphatic heterocycles. The van der Waals surface area contributed by atoms with Gasteiger partial charge in [0.1, 0.15) is 12.1 Å². The fourth-order valence-corrected chi connectivity index (χ4v) is 3.57. The van der Waals surface area contributed by atoms with E-state index in [1.807, 2.05) is 0 Å². The number of fused-ring (bicyclic) bond motifs is 1. The highest BCUT2D eigenvalue weighted by Crippen LogP contribution is 2.43. The Morgan fingerprint density at radius 3 is 2.81 bits per heavy atom. The molecule has 1 aliphatic carbocycles. The van der Waals surface area contributed by atoms with Crippen molar-refractivity contribution in [2.24, 2.45) is 5.92 Å². The highest BCUT2D eigenvalue weighted by atomic mass is 19.3. The monoisotopic (exact) mass is 379 g/mol. The van der Waals surface area contributed by atoms with E-state index in [0.717, 1.165) is 0 Å². The molecule has 0 aromatic carbocycles. The molecule has 0 atom stereocenters. The van der Waals surface area contributed by atoms with Crippen LogP contribution in [0.1, 0.15) is 37.4 Å². The first-order valence-electron chi connectivity index (χ1n) is 8.73. The number of nitrogens with zero attached hydrogens (tertiary/aromatic N) is 5. The highest BCUT2D eigenvalue weighted by molar-refractivity contribution is 5.35. The van der Waals surface area contributed by atoms with Crippen LogP contribution in [0.4, 0.5) is 8.78 Å². The van der Waals surface area contributed by atoms with Crippen molar-refractivity contribution in [2.45, 2.75) is 44.3 Å². The predicted octanol–water partition coefficient (Wildman–Crippen LogP) is 2.22. The van der Waals surface area contributed by atoms with Crippen molar-refractivity contribution in [3.8, 4) is 0 Å². The zero-order chi connectivity index (χ0) is 19.0. The average molecular weight is 379 g/mol. The molecule has 27 heavy (non-hydrogen) atoms. The van der Waals surface area contributed by atoms with E-state index in [2.05, 4.69) is 15.2 Å². The van der Waals surface area contributed by atoms with Gasteiger partial charge in [-0.15, -0.1) is 5.10 Å². The average Bonchev–Trinajstić information content (AvgIpc) is 3.28. The van der Waals surface area contributed by atoms with Gasteiger partial charge in [-0.1, -0.05) is 11.2 Å². The number of aromatic nitrogens is 5. The van der Waals surface area contributed by atoms with Gasteiger partial charge in [0.2, 0.25) is 6.43 Å². The van der Waals surface area contributed by atoms with Crippen LogP contribution in [0.5, 0.6) is 0 Å². The lowest BCUT2D eigenvalue weighted by atomic mass is 9.78. The Balaban J connectivity index is 1.55. The molecule has 1 aliphatic rings. The lowest BCUT2D eigenvalue weighted by molar-refractivity contribution is -0.0910. The van der Waals surface area contributed by atoms with Crippen molar-refractivity contribution in [3.63, 3.8) is 0 Å². The summed E-state index contributed by atoms with van der Waals surface area (Å²) >= 11 is 0. The summed E-state index contributed by atoms with van der Waals surface area (Å²) in [5.74, 6) is -0.0975. The van der Waals surface area contributed by atoms with Crippen LogP contribution in [0.25, 0.3) is 5.65 Å². The lowest BCUT2D eigenvalue weighted by Gasteiger charge is -2.35. The van der Waals surface area contributed by atoms with E-state index >= 15 is 0 Å². The molecule has 3 aromatic heterocycles. The summed E-state index contributed by atoms with van der Waals surface area (Å²) in [6, 6.07) is 5.25. The largest absolute Gasteiger partial charge is 0.368 e. The van der Waals surface area contributed by atoms with Gasteiger partial charge in [-0.2, -0.15) is 4.98 Å². The molecule has 0 saturated heterocycles. The van der Waals surface area contributed by atoms with E-state index in [9.17, 15) is 13.6 Å². The first-order chi connectivity index (χ1) is 13.0. The van der Waals surface area contributed by atoms with Gasteiger partial charge in [-0.3, -0.25) is 4.40 Å². The predicted molar refractivity (Wildman–Crippen MR) is 89.5 cm³/mol. The third-order valence-corrected chi connectivity index (χ3v) is 5.22. The summed E-state index contributed by atoms with van der Waals surface area (Å²) in [6.45, 7) is 0.0451. The maximum Gasteiger partial charge on any atom is 0.350 e. The Morgan fingerprint density at radius 1 is 1.37 bits per heavy atom. The molecular formula is C17H19F2N5O3. The minimum atomic E-state index is -2.33. The summed E-state index contributed by atoms with van der Waals surface area (Å²) in [6.07, 6.45) is 0.720. The van der Waals surface area contributed by atoms with Crippen molar-refractivity contribution in [2.75, 3.05) is 7.11 Å². The number of pyridine rings is 1. The van der Waals surface area contributed by atoms with Gasteiger partial charge in [-0.25, -0.2) is 18.3 Å². The molecule has 4 rings (SSSR count). The van der Waals surface area contributed by atoms with Gasteiger partial charge in [0.15, 0.2) is 11.5 Å². The second-order valence-electron chi connectivity index (χ2n) is 6.76. The third-order valence-electron chi connectivity index (χ3n) is 5.22. The Labute approximate surface area is 152 Å². The molecule has 0 N–H and O–H groups in total. The second kappa shape index (κ2) is 6.84. The normalized spacial score (nSPS) is 23.3. The molecule has 3 heterocycles. The van der Waals surface area contributed by atoms with Crippen molar-refractivity contribution in [1.29, 1.82) is 0 Å². The Kier molecular flexibility index (Phi) is 4.50. The zero-order valence-corrected chi connectivity index (χ0v) is 14.7. The standard InChI is InChI=1S/C17H19F2N5O3/c1-26-17(7-5-11(6-8-17)14(18)19)15-20-12(22-27-15)10-24-16(25)23-9-3-2-4-13(23)21-24/h2-4,9,11,14H,5-8,10H2,1H3. The van der Waals surface area contributed by atoms with Crippen LogP contribution in [-0.2, 0) is 16.9 Å². The quantitative estimate of drug-likeness (QED) is 0.676. The van der Waals surface area contributed by atoms with Crippen LogP contribution in [0.15, 0.2) is 33.7 Å². The summed E-state index contributed by atoms with van der Waals surface area (Å²) in [5.41, 5.74) is -0.652. The Bertz CT molecular complexity index is 988. The van der Waals surface area contributed by atoms with Crippen LogP contribution in [0, 0.1) is 5.92 Å². The van der Waals surface area contributed by atoms with Crippen LogP contribution in [0.3, 0.4) is 0 Å². The van der Waals surface area contributed by atoms with Crippen LogP contribution < -0.4 is 5.69 Å². The molecule has 1 fully saturated rings. The van der Waals surface area contributed by atoms with E-state index < -0.39 is 17.9 Å². The Hall–Kier alpha value is -2.62. The van der Waals surface area contributed by atoms with Crippen LogP contribution >= 0.6 is 0 Å². The van der Waals surface area contributed by atoms with Gasteiger partial charge < -0.3 is 9.26 Å². The molecule has 0 radical (unpaired) electrons. The molecule has 0 unspecified atom stereocenters. The van der Waals surface area contributed by atoms with Crippen molar-refractivity contribution < 1.29 is 18.0 Å². The number of rotatable bonds is 5. The molecule has 10 heteroatoms. The molecular weight excluding hydrogens is 360 g/mol. The second-order valence-corrected chi connectivity index (χ2v) is 6.76. The van der Waals surface area contributed by atoms with Crippen LogP contribution in [0.2, 0.25) is 0 Å². The minimum Gasteiger partial charge on any atom is -0.368 e. The van der Waals surface area contributed by atoms with E-state index in [4.69, 9.17) is 9.26 Å². The summed E-state index contributed by atoms with van der Waals surface area (Å²) < 4.78 is 39.5. The molecule has 0 amide bonds. The number of halogens is 2. The maximum atomic E-state index is 12.9. The maximum absolute atomic E-state index is 12.9. The van der Waals surface area contributed by atoms with Crippen molar-refractivity contribution in [3.05, 3.63) is 46.6 Å². The first kappa shape index (κ1) is 17.8. The van der Waals surface area contributed by atoms with Gasteiger partial charge >= 0.3 is 5.69 Å². The zero-order valence-electron chi connectivity index (χ0n) is 14.7. The summed E-state index contributed by atoms with van der Waals surface area (Å²) in [7, 11) is 1.51. The Morgan fingerprint density at radius 2 is 2.15 bits per heavy atom. The highest BCUT2D eigenvalue weighted by Gasteiger charge is 2.43. The molecule has 144 valence electrons. The number of hydrogen-bond donors (Lipinski definition) is 0. The number of alkyl halides is 2. The van der Waals surface area contributed by atoms with Gasteiger partial charge in [0.25, 0.3) is 5.89 Å². The van der Waals surface area contributed by atoms with Crippen molar-refractivity contribution in [1.82, 2.24) is 24.3 Å². The van der Waals surface area contributed by atoms with Gasteiger partial charge in [0.05, 0.1) is 0 Å². The first-order valence-corrected chi connectivity index (χ1v) is 8.73. The van der Waals surface area contributed by atoms with Crippen molar-refractivity contribution >= 4 is 5.65 Å². The number of ether oxygens (including phenoxy) is 1. The van der Waals surface area contributed by atoms with E-state index in [0.29, 0.717) is 31.3 Å². The number of hydrogen-bond acceptors (Lipinski definition) is 6.